The zero-order chi connectivity index (χ0) is 13.2. The Hall–Kier alpha value is -0.970. The highest BCUT2D eigenvalue weighted by Gasteiger charge is 2.49. The molecule has 4 nitrogen and oxygen atoms in total. The molecular formula is C15H22N2O2. The van der Waals surface area contributed by atoms with Crippen LogP contribution in [0.4, 0.5) is 0 Å². The smallest absolute Gasteiger partial charge is 0.107 e. The van der Waals surface area contributed by atoms with Crippen molar-refractivity contribution in [3.63, 3.8) is 0 Å². The Morgan fingerprint density at radius 1 is 1.26 bits per heavy atom. The van der Waals surface area contributed by atoms with Crippen molar-refractivity contribution in [2.24, 2.45) is 5.73 Å². The van der Waals surface area contributed by atoms with Gasteiger partial charge in [-0.15, -0.1) is 0 Å². The largest absolute Gasteiger partial charge is 0.330 e. The summed E-state index contributed by atoms with van der Waals surface area (Å²) in [5, 5.41) is 0. The number of aromatic nitrogens is 1. The van der Waals surface area contributed by atoms with E-state index < -0.39 is 0 Å². The second kappa shape index (κ2) is 5.19. The molecule has 104 valence electrons. The van der Waals surface area contributed by atoms with Crippen molar-refractivity contribution < 1.29 is 9.78 Å². The highest BCUT2D eigenvalue weighted by atomic mass is 17.2. The van der Waals surface area contributed by atoms with E-state index in [1.165, 1.54) is 0 Å². The van der Waals surface area contributed by atoms with Crippen LogP contribution in [0.15, 0.2) is 24.4 Å². The molecule has 1 aromatic heterocycles. The quantitative estimate of drug-likeness (QED) is 0.849. The fourth-order valence-corrected chi connectivity index (χ4v) is 3.78. The summed E-state index contributed by atoms with van der Waals surface area (Å²) in [7, 11) is 0. The molecule has 1 saturated heterocycles. The average molecular weight is 262 g/mol. The lowest BCUT2D eigenvalue weighted by molar-refractivity contribution is -0.318. The van der Waals surface area contributed by atoms with E-state index in [1.807, 2.05) is 12.3 Å². The van der Waals surface area contributed by atoms with Gasteiger partial charge in [0.15, 0.2) is 0 Å². The molecule has 4 heteroatoms. The summed E-state index contributed by atoms with van der Waals surface area (Å²) in [6.45, 7) is 1.40. The number of hydrogen-bond donors (Lipinski definition) is 1. The molecule has 2 atom stereocenters. The standard InChI is InChI=1S/C15H22N2O2/c16-9-7-14(13-4-1-2-10-17-13)5-3-6-15(12-14)8-11-18-19-15/h1-2,4,10H,3,5-9,11-12,16H2/t14-,15+/m1/s1. The zero-order valence-electron chi connectivity index (χ0n) is 11.3. The molecule has 1 spiro atoms. The maximum Gasteiger partial charge on any atom is 0.107 e. The Balaban J connectivity index is 1.92. The Labute approximate surface area is 114 Å². The molecule has 0 bridgehead atoms. The van der Waals surface area contributed by atoms with E-state index in [2.05, 4.69) is 17.1 Å². The summed E-state index contributed by atoms with van der Waals surface area (Å²) in [5.74, 6) is 0. The predicted octanol–water partition coefficient (Wildman–Crippen LogP) is 2.33. The Morgan fingerprint density at radius 3 is 2.89 bits per heavy atom. The van der Waals surface area contributed by atoms with Gasteiger partial charge in [0.05, 0.1) is 6.61 Å². The van der Waals surface area contributed by atoms with Gasteiger partial charge in [0.2, 0.25) is 0 Å². The molecule has 2 heterocycles. The normalized spacial score (nSPS) is 34.8. The number of rotatable bonds is 3. The Kier molecular flexibility index (Phi) is 3.56. The molecule has 2 N–H and O–H groups in total. The van der Waals surface area contributed by atoms with Crippen LogP contribution in [-0.2, 0) is 15.2 Å². The first-order chi connectivity index (χ1) is 9.29. The fraction of sp³-hybridized carbons (Fsp3) is 0.667. The van der Waals surface area contributed by atoms with Crippen LogP contribution < -0.4 is 5.73 Å². The van der Waals surface area contributed by atoms with Crippen molar-refractivity contribution in [3.8, 4) is 0 Å². The number of pyridine rings is 1. The van der Waals surface area contributed by atoms with E-state index in [0.29, 0.717) is 13.2 Å². The number of hydrogen-bond acceptors (Lipinski definition) is 4. The average Bonchev–Trinajstić information content (AvgIpc) is 2.88. The van der Waals surface area contributed by atoms with Gasteiger partial charge >= 0.3 is 0 Å². The van der Waals surface area contributed by atoms with Gasteiger partial charge in [-0.2, -0.15) is 0 Å². The minimum atomic E-state index is -0.106. The fourth-order valence-electron chi connectivity index (χ4n) is 3.78. The van der Waals surface area contributed by atoms with Gasteiger partial charge in [-0.1, -0.05) is 6.07 Å². The van der Waals surface area contributed by atoms with E-state index in [0.717, 1.165) is 44.2 Å². The maximum atomic E-state index is 5.87. The van der Waals surface area contributed by atoms with Crippen molar-refractivity contribution in [1.82, 2.24) is 4.98 Å². The van der Waals surface area contributed by atoms with E-state index in [9.17, 15) is 0 Å². The lowest BCUT2D eigenvalue weighted by Gasteiger charge is -2.44. The molecule has 0 aromatic carbocycles. The van der Waals surface area contributed by atoms with E-state index in [-0.39, 0.29) is 11.0 Å². The van der Waals surface area contributed by atoms with Gasteiger partial charge < -0.3 is 5.73 Å². The van der Waals surface area contributed by atoms with Gasteiger partial charge in [-0.25, -0.2) is 9.78 Å². The molecule has 0 radical (unpaired) electrons. The molecule has 0 unspecified atom stereocenters. The second-order valence-electron chi connectivity index (χ2n) is 5.90. The summed E-state index contributed by atoms with van der Waals surface area (Å²) < 4.78 is 0. The van der Waals surface area contributed by atoms with Crippen LogP contribution in [0.2, 0.25) is 0 Å². The SMILES string of the molecule is NCC[C@]1(c2ccccn2)CCC[C@]2(CCOO2)C1. The van der Waals surface area contributed by atoms with Crippen LogP contribution in [0, 0.1) is 0 Å². The number of nitrogens with two attached hydrogens (primary N) is 1. The van der Waals surface area contributed by atoms with Gasteiger partial charge in [0.25, 0.3) is 0 Å². The zero-order valence-corrected chi connectivity index (χ0v) is 11.3. The van der Waals surface area contributed by atoms with Gasteiger partial charge in [0, 0.05) is 23.7 Å². The number of nitrogens with zero attached hydrogens (tertiary/aromatic N) is 1. The first kappa shape index (κ1) is 13.0. The predicted molar refractivity (Wildman–Crippen MR) is 72.4 cm³/mol. The van der Waals surface area contributed by atoms with E-state index >= 15 is 0 Å². The van der Waals surface area contributed by atoms with Crippen LogP contribution in [0.5, 0.6) is 0 Å². The van der Waals surface area contributed by atoms with Crippen molar-refractivity contribution in [3.05, 3.63) is 30.1 Å². The molecule has 1 aliphatic carbocycles. The van der Waals surface area contributed by atoms with Crippen LogP contribution >= 0.6 is 0 Å². The third-order valence-electron chi connectivity index (χ3n) is 4.66. The van der Waals surface area contributed by atoms with Gasteiger partial charge in [-0.3, -0.25) is 4.98 Å². The summed E-state index contributed by atoms with van der Waals surface area (Å²) in [4.78, 5) is 15.4. The monoisotopic (exact) mass is 262 g/mol. The molecule has 1 saturated carbocycles. The second-order valence-corrected chi connectivity index (χ2v) is 5.90. The summed E-state index contributed by atoms with van der Waals surface area (Å²) in [5.41, 5.74) is 6.98. The van der Waals surface area contributed by atoms with E-state index in [4.69, 9.17) is 15.5 Å². The first-order valence-electron chi connectivity index (χ1n) is 7.21. The Morgan fingerprint density at radius 2 is 2.21 bits per heavy atom. The molecule has 0 amide bonds. The van der Waals surface area contributed by atoms with Crippen molar-refractivity contribution in [1.29, 1.82) is 0 Å². The lowest BCUT2D eigenvalue weighted by Crippen LogP contribution is -2.45. The third-order valence-corrected chi connectivity index (χ3v) is 4.66. The lowest BCUT2D eigenvalue weighted by atomic mass is 9.63. The summed E-state index contributed by atoms with van der Waals surface area (Å²) >= 11 is 0. The van der Waals surface area contributed by atoms with Gasteiger partial charge in [-0.05, 0) is 50.8 Å². The van der Waals surface area contributed by atoms with Crippen LogP contribution in [-0.4, -0.2) is 23.7 Å². The molecule has 2 fully saturated rings. The molecule has 2 aliphatic rings. The van der Waals surface area contributed by atoms with Crippen molar-refractivity contribution in [2.75, 3.05) is 13.2 Å². The molecule has 3 rings (SSSR count). The van der Waals surface area contributed by atoms with E-state index in [1.54, 1.807) is 0 Å². The van der Waals surface area contributed by atoms with Crippen LogP contribution in [0.3, 0.4) is 0 Å². The van der Waals surface area contributed by atoms with Crippen molar-refractivity contribution in [2.45, 2.75) is 49.5 Å². The molecule has 19 heavy (non-hydrogen) atoms. The minimum absolute atomic E-state index is 0.0575. The summed E-state index contributed by atoms with van der Waals surface area (Å²) in [6.07, 6.45) is 8.20. The first-order valence-corrected chi connectivity index (χ1v) is 7.21. The van der Waals surface area contributed by atoms with Crippen LogP contribution in [0.25, 0.3) is 0 Å². The highest BCUT2D eigenvalue weighted by molar-refractivity contribution is 5.20. The molecule has 1 aliphatic heterocycles. The third kappa shape index (κ3) is 2.40. The maximum absolute atomic E-state index is 5.87. The van der Waals surface area contributed by atoms with Crippen molar-refractivity contribution >= 4 is 0 Å². The summed E-state index contributed by atoms with van der Waals surface area (Å²) in [6, 6.07) is 6.16. The molecular weight excluding hydrogens is 240 g/mol. The Bertz CT molecular complexity index is 413. The van der Waals surface area contributed by atoms with Crippen LogP contribution in [0.1, 0.15) is 44.2 Å². The molecule has 1 aromatic rings. The minimum Gasteiger partial charge on any atom is -0.330 e. The highest BCUT2D eigenvalue weighted by Crippen LogP contribution is 2.49. The van der Waals surface area contributed by atoms with Gasteiger partial charge in [0.1, 0.15) is 5.60 Å². The topological polar surface area (TPSA) is 57.4 Å².